The van der Waals surface area contributed by atoms with Gasteiger partial charge in [-0.25, -0.2) is 0 Å². The van der Waals surface area contributed by atoms with Crippen molar-refractivity contribution in [2.75, 3.05) is 6.54 Å². The van der Waals surface area contributed by atoms with E-state index < -0.39 is 16.4 Å². The maximum Gasteiger partial charge on any atom is 0.311 e. The van der Waals surface area contributed by atoms with Gasteiger partial charge >= 0.3 is 5.69 Å². The molecular formula is C15H22N2O4. The van der Waals surface area contributed by atoms with Crippen LogP contribution < -0.4 is 0 Å². The fraction of sp³-hybridized carbons (Fsp3) is 0.533. The maximum atomic E-state index is 12.5. The highest BCUT2D eigenvalue weighted by Gasteiger charge is 2.25. The molecule has 0 unspecified atom stereocenters. The second kappa shape index (κ2) is 7.61. The molecule has 0 aromatic heterocycles. The van der Waals surface area contributed by atoms with Crippen molar-refractivity contribution in [2.45, 2.75) is 46.1 Å². The van der Waals surface area contributed by atoms with Crippen LogP contribution in [0.4, 0.5) is 5.69 Å². The minimum Gasteiger partial charge on any atom is -0.502 e. The number of unbranched alkanes of at least 4 members (excludes halogenated alkanes) is 2. The number of aromatic hydroxyl groups is 1. The van der Waals surface area contributed by atoms with E-state index in [1.165, 1.54) is 18.2 Å². The number of carbonyl (C=O) groups excluding carboxylic acids is 1. The number of phenolic OH excluding ortho intramolecular Hbond substituents is 1. The minimum absolute atomic E-state index is 0.0191. The molecule has 0 aliphatic rings. The smallest absolute Gasteiger partial charge is 0.311 e. The lowest BCUT2D eigenvalue weighted by molar-refractivity contribution is -0.385. The van der Waals surface area contributed by atoms with Crippen LogP contribution >= 0.6 is 0 Å². The molecule has 1 rings (SSSR count). The van der Waals surface area contributed by atoms with Gasteiger partial charge in [0, 0.05) is 18.7 Å². The van der Waals surface area contributed by atoms with Crippen LogP contribution in [0, 0.1) is 10.1 Å². The highest BCUT2D eigenvalue weighted by atomic mass is 16.6. The van der Waals surface area contributed by atoms with Crippen molar-refractivity contribution in [3.8, 4) is 5.75 Å². The summed E-state index contributed by atoms with van der Waals surface area (Å²) >= 11 is 0. The quantitative estimate of drug-likeness (QED) is 0.475. The van der Waals surface area contributed by atoms with Crippen molar-refractivity contribution in [1.82, 2.24) is 4.90 Å². The number of carbonyl (C=O) groups is 1. The molecule has 1 N–H and O–H groups in total. The molecule has 1 aromatic carbocycles. The number of nitro groups is 1. The van der Waals surface area contributed by atoms with Gasteiger partial charge in [0.25, 0.3) is 5.91 Å². The van der Waals surface area contributed by atoms with Crippen molar-refractivity contribution >= 4 is 11.6 Å². The molecule has 6 heteroatoms. The molecule has 0 bridgehead atoms. The summed E-state index contributed by atoms with van der Waals surface area (Å²) in [4.78, 5) is 24.3. The van der Waals surface area contributed by atoms with Gasteiger partial charge in [-0.2, -0.15) is 0 Å². The van der Waals surface area contributed by atoms with Crippen LogP contribution in [0.5, 0.6) is 5.75 Å². The van der Waals surface area contributed by atoms with E-state index in [2.05, 4.69) is 6.92 Å². The molecule has 21 heavy (non-hydrogen) atoms. The van der Waals surface area contributed by atoms with Gasteiger partial charge in [0.1, 0.15) is 0 Å². The lowest BCUT2D eigenvalue weighted by Gasteiger charge is -2.27. The van der Waals surface area contributed by atoms with E-state index in [0.717, 1.165) is 19.3 Å². The first-order valence-electron chi connectivity index (χ1n) is 7.17. The number of benzene rings is 1. The molecule has 0 spiro atoms. The summed E-state index contributed by atoms with van der Waals surface area (Å²) in [5, 5.41) is 20.8. The van der Waals surface area contributed by atoms with Crippen molar-refractivity contribution in [3.63, 3.8) is 0 Å². The van der Waals surface area contributed by atoms with E-state index in [9.17, 15) is 20.0 Å². The highest BCUT2D eigenvalue weighted by Crippen LogP contribution is 2.30. The largest absolute Gasteiger partial charge is 0.502 e. The lowest BCUT2D eigenvalue weighted by Crippen LogP contribution is -2.37. The Morgan fingerprint density at radius 1 is 1.38 bits per heavy atom. The third kappa shape index (κ3) is 4.18. The van der Waals surface area contributed by atoms with E-state index >= 15 is 0 Å². The number of hydrogen-bond acceptors (Lipinski definition) is 4. The predicted molar refractivity (Wildman–Crippen MR) is 80.5 cm³/mol. The summed E-state index contributed by atoms with van der Waals surface area (Å²) in [5.41, 5.74) is -0.465. The van der Waals surface area contributed by atoms with E-state index in [1.807, 2.05) is 13.8 Å². The van der Waals surface area contributed by atoms with Gasteiger partial charge in [-0.05, 0) is 26.3 Å². The van der Waals surface area contributed by atoms with Crippen molar-refractivity contribution in [1.29, 1.82) is 0 Å². The Hall–Kier alpha value is -2.11. The van der Waals surface area contributed by atoms with Crippen molar-refractivity contribution in [3.05, 3.63) is 33.9 Å². The first-order valence-corrected chi connectivity index (χ1v) is 7.17. The van der Waals surface area contributed by atoms with Crippen LogP contribution in [0.2, 0.25) is 0 Å². The Labute approximate surface area is 124 Å². The Kier molecular flexibility index (Phi) is 6.14. The van der Waals surface area contributed by atoms with Crippen LogP contribution in [0.25, 0.3) is 0 Å². The van der Waals surface area contributed by atoms with E-state index in [0.29, 0.717) is 6.54 Å². The molecule has 0 fully saturated rings. The molecule has 0 aliphatic heterocycles. The number of rotatable bonds is 7. The molecule has 0 saturated heterocycles. The Morgan fingerprint density at radius 3 is 2.57 bits per heavy atom. The topological polar surface area (TPSA) is 83.7 Å². The zero-order chi connectivity index (χ0) is 16.0. The Morgan fingerprint density at radius 2 is 2.05 bits per heavy atom. The number of phenols is 1. The average Bonchev–Trinajstić information content (AvgIpc) is 2.42. The lowest BCUT2D eigenvalue weighted by atomic mass is 10.1. The molecule has 0 aliphatic carbocycles. The van der Waals surface area contributed by atoms with Gasteiger partial charge in [0.15, 0.2) is 0 Å². The molecular weight excluding hydrogens is 272 g/mol. The normalized spacial score (nSPS) is 10.7. The second-order valence-corrected chi connectivity index (χ2v) is 5.23. The molecule has 116 valence electrons. The number of amides is 1. The molecule has 0 radical (unpaired) electrons. The standard InChI is InChI=1S/C15H22N2O4/c1-4-5-6-10-16(11(2)3)15(19)12-8-7-9-13(14(12)18)17(20)21/h7-9,11,18H,4-6,10H2,1-3H3. The monoisotopic (exact) mass is 294 g/mol. The minimum atomic E-state index is -0.692. The summed E-state index contributed by atoms with van der Waals surface area (Å²) < 4.78 is 0. The van der Waals surface area contributed by atoms with Gasteiger partial charge < -0.3 is 10.0 Å². The average molecular weight is 294 g/mol. The Balaban J connectivity index is 3.04. The van der Waals surface area contributed by atoms with Gasteiger partial charge in [0.2, 0.25) is 5.75 Å². The van der Waals surface area contributed by atoms with Crippen LogP contribution in [-0.4, -0.2) is 33.4 Å². The Bertz CT molecular complexity index is 514. The predicted octanol–water partition coefficient (Wildman–Crippen LogP) is 3.34. The summed E-state index contributed by atoms with van der Waals surface area (Å²) in [7, 11) is 0. The SMILES string of the molecule is CCCCCN(C(=O)c1cccc([N+](=O)[O-])c1O)C(C)C. The zero-order valence-corrected chi connectivity index (χ0v) is 12.7. The molecule has 6 nitrogen and oxygen atoms in total. The summed E-state index contributed by atoms with van der Waals surface area (Å²) in [5.74, 6) is -0.934. The fourth-order valence-electron chi connectivity index (χ4n) is 2.13. The third-order valence-corrected chi connectivity index (χ3v) is 3.33. The summed E-state index contributed by atoms with van der Waals surface area (Å²) in [6.07, 6.45) is 2.93. The second-order valence-electron chi connectivity index (χ2n) is 5.23. The van der Waals surface area contributed by atoms with E-state index in [-0.39, 0.29) is 17.5 Å². The number of nitrogens with zero attached hydrogens (tertiary/aromatic N) is 2. The van der Waals surface area contributed by atoms with Crippen LogP contribution in [0.15, 0.2) is 18.2 Å². The van der Waals surface area contributed by atoms with Gasteiger partial charge in [-0.1, -0.05) is 25.8 Å². The number of nitro benzene ring substituents is 1. The summed E-state index contributed by atoms with van der Waals surface area (Å²) in [6.45, 7) is 6.43. The van der Waals surface area contributed by atoms with Crippen LogP contribution in [0.3, 0.4) is 0 Å². The number of para-hydroxylation sites is 1. The first-order chi connectivity index (χ1) is 9.90. The van der Waals surface area contributed by atoms with Gasteiger partial charge in [-0.3, -0.25) is 14.9 Å². The van der Waals surface area contributed by atoms with Crippen molar-refractivity contribution in [2.24, 2.45) is 0 Å². The van der Waals surface area contributed by atoms with E-state index in [1.54, 1.807) is 4.90 Å². The maximum absolute atomic E-state index is 12.5. The summed E-state index contributed by atoms with van der Waals surface area (Å²) in [6, 6.07) is 3.98. The molecule has 1 amide bonds. The zero-order valence-electron chi connectivity index (χ0n) is 12.7. The van der Waals surface area contributed by atoms with Gasteiger partial charge in [0.05, 0.1) is 10.5 Å². The van der Waals surface area contributed by atoms with Gasteiger partial charge in [-0.15, -0.1) is 0 Å². The molecule has 0 saturated carbocycles. The fourth-order valence-corrected chi connectivity index (χ4v) is 2.13. The number of hydrogen-bond donors (Lipinski definition) is 1. The molecule has 0 heterocycles. The first kappa shape index (κ1) is 16.9. The molecule has 0 atom stereocenters. The molecule has 1 aromatic rings. The van der Waals surface area contributed by atoms with Crippen molar-refractivity contribution < 1.29 is 14.8 Å². The highest BCUT2D eigenvalue weighted by molar-refractivity contribution is 5.98. The van der Waals surface area contributed by atoms with Crippen LogP contribution in [0.1, 0.15) is 50.4 Å². The van der Waals surface area contributed by atoms with Crippen LogP contribution in [-0.2, 0) is 0 Å². The third-order valence-electron chi connectivity index (χ3n) is 3.33. The van der Waals surface area contributed by atoms with E-state index in [4.69, 9.17) is 0 Å².